The van der Waals surface area contributed by atoms with E-state index in [1.165, 1.54) is 0 Å². The minimum atomic E-state index is -7.30. The van der Waals surface area contributed by atoms with Crippen LogP contribution in [0.4, 0.5) is 39.5 Å². The van der Waals surface area contributed by atoms with Crippen molar-refractivity contribution in [3.05, 3.63) is 0 Å². The summed E-state index contributed by atoms with van der Waals surface area (Å²) in [5, 5.41) is -6.81. The van der Waals surface area contributed by atoms with E-state index < -0.39 is 43.7 Å². The summed E-state index contributed by atoms with van der Waals surface area (Å²) in [6.07, 6.45) is -1.72. The molecule has 0 aromatic carbocycles. The molecule has 208 valence electrons. The Hall–Kier alpha value is -0.370. The molecule has 0 saturated heterocycles. The zero-order chi connectivity index (χ0) is 26.9. The molecule has 0 rings (SSSR count). The summed E-state index contributed by atoms with van der Waals surface area (Å²) in [5.41, 5.74) is 0. The molecule has 0 aliphatic carbocycles. The van der Waals surface area contributed by atoms with E-state index in [2.05, 4.69) is 3.63 Å². The molecule has 0 spiro atoms. The Kier molecular flexibility index (Phi) is 13.1. The quantitative estimate of drug-likeness (QED) is 0.125. The van der Waals surface area contributed by atoms with Gasteiger partial charge in [-0.05, 0) is 19.3 Å². The van der Waals surface area contributed by atoms with Gasteiger partial charge in [-0.3, -0.25) is 0 Å². The Balaban J connectivity index is 6.30. The lowest BCUT2D eigenvalue weighted by atomic mass is 10.1. The Morgan fingerprint density at radius 2 is 0.912 bits per heavy atom. The van der Waals surface area contributed by atoms with Gasteiger partial charge in [-0.25, -0.2) is 3.63 Å². The van der Waals surface area contributed by atoms with Crippen LogP contribution < -0.4 is 0 Å². The van der Waals surface area contributed by atoms with Crippen LogP contribution in [0, 0.1) is 0 Å². The molecule has 0 saturated carbocycles. The van der Waals surface area contributed by atoms with Crippen LogP contribution in [0.15, 0.2) is 0 Å². The topological polar surface area (TPSA) is 43.4 Å². The van der Waals surface area contributed by atoms with Crippen molar-refractivity contribution in [2.24, 2.45) is 0 Å². The average Bonchev–Trinajstić information content (AvgIpc) is 2.70. The van der Waals surface area contributed by atoms with Gasteiger partial charge in [0, 0.05) is 17.3 Å². The van der Waals surface area contributed by atoms with Crippen molar-refractivity contribution in [1.29, 1.82) is 0 Å². The van der Waals surface area contributed by atoms with Crippen LogP contribution in [0.2, 0.25) is 0 Å². The van der Waals surface area contributed by atoms with Crippen LogP contribution in [-0.4, -0.2) is 49.0 Å². The molecule has 0 unspecified atom stereocenters. The number of hydrogen-bond donors (Lipinski definition) is 0. The first-order chi connectivity index (χ1) is 15.4. The largest absolute Gasteiger partial charge is 0.460 e. The average molecular weight is 559 g/mol. The van der Waals surface area contributed by atoms with Gasteiger partial charge in [-0.15, -0.1) is 10.3 Å². The van der Waals surface area contributed by atoms with Crippen molar-refractivity contribution in [3.8, 4) is 0 Å². The summed E-state index contributed by atoms with van der Waals surface area (Å²) in [6, 6.07) is 0. The maximum Gasteiger partial charge on any atom is 0.460 e. The zero-order valence-corrected chi connectivity index (χ0v) is 21.3. The molecule has 0 N–H and O–H groups in total. The molecule has 34 heavy (non-hydrogen) atoms. The second-order valence-corrected chi connectivity index (χ2v) is 13.4. The van der Waals surface area contributed by atoms with E-state index in [4.69, 9.17) is 0 Å². The molecule has 0 radical (unpaired) electrons. The van der Waals surface area contributed by atoms with Crippen molar-refractivity contribution < 1.29 is 51.6 Å². The normalized spacial score (nSPS) is 15.1. The Bertz CT molecular complexity index is 686. The number of hydrogen-bond acceptors (Lipinski definition) is 3. The molecule has 0 amide bonds. The van der Waals surface area contributed by atoms with Crippen LogP contribution in [0.5, 0.6) is 0 Å². The zero-order valence-electron chi connectivity index (χ0n) is 19.6. The molecule has 0 heterocycles. The van der Waals surface area contributed by atoms with E-state index in [-0.39, 0.29) is 17.3 Å². The van der Waals surface area contributed by atoms with Crippen molar-refractivity contribution in [3.63, 3.8) is 0 Å². The molecule has 0 aromatic heterocycles. The first-order valence-corrected chi connectivity index (χ1v) is 14.8. The number of halogens is 9. The molecular weight excluding hydrogens is 523 g/mol. The van der Waals surface area contributed by atoms with E-state index in [0.717, 1.165) is 12.8 Å². The Morgan fingerprint density at radius 1 is 0.559 bits per heavy atom. The fourth-order valence-electron chi connectivity index (χ4n) is 3.18. The van der Waals surface area contributed by atoms with E-state index in [1.54, 1.807) is 13.8 Å². The molecule has 0 bridgehead atoms. The van der Waals surface area contributed by atoms with Crippen LogP contribution >= 0.6 is 10.3 Å². The van der Waals surface area contributed by atoms with Gasteiger partial charge < -0.3 is 0 Å². The lowest BCUT2D eigenvalue weighted by Gasteiger charge is -2.41. The molecule has 0 aliphatic heterocycles. The maximum atomic E-state index is 14.3. The summed E-state index contributed by atoms with van der Waals surface area (Å²) in [7, 11) is -9.89. The third-order valence-corrected chi connectivity index (χ3v) is 11.1. The monoisotopic (exact) mass is 558 g/mol. The lowest BCUT2D eigenvalue weighted by Crippen LogP contribution is -2.63. The minimum Gasteiger partial charge on any atom is -0.215 e. The third-order valence-electron chi connectivity index (χ3n) is 5.27. The Labute approximate surface area is 197 Å². The SMILES string of the molecule is CCCCCCS(CCCCC)(CCCCC)OS(=O)(=O)C(F)(F)C(F)(F)C(F)(F)C(F)(F)F. The smallest absolute Gasteiger partial charge is 0.215 e. The molecule has 0 aliphatic rings. The summed E-state index contributed by atoms with van der Waals surface area (Å²) in [4.78, 5) is 0. The summed E-state index contributed by atoms with van der Waals surface area (Å²) < 4.78 is 150. The minimum absolute atomic E-state index is 0.0586. The second-order valence-electron chi connectivity index (χ2n) is 8.24. The van der Waals surface area contributed by atoms with Gasteiger partial charge in [0.05, 0.1) is 0 Å². The molecule has 14 heteroatoms. The highest BCUT2D eigenvalue weighted by molar-refractivity contribution is 8.33. The summed E-state index contributed by atoms with van der Waals surface area (Å²) in [5.74, 6) is -14.8. The van der Waals surface area contributed by atoms with Crippen LogP contribution in [0.25, 0.3) is 0 Å². The molecule has 0 aromatic rings. The van der Waals surface area contributed by atoms with E-state index in [1.807, 2.05) is 6.92 Å². The molecule has 3 nitrogen and oxygen atoms in total. The number of unbranched alkanes of at least 4 members (excludes halogenated alkanes) is 7. The number of rotatable bonds is 18. The summed E-state index contributed by atoms with van der Waals surface area (Å²) in [6.45, 7) is 5.49. The van der Waals surface area contributed by atoms with Crippen molar-refractivity contribution in [2.75, 3.05) is 17.3 Å². The molecular formula is C20H35F9O3S2. The van der Waals surface area contributed by atoms with Gasteiger partial charge in [0.25, 0.3) is 0 Å². The summed E-state index contributed by atoms with van der Waals surface area (Å²) >= 11 is 0. The van der Waals surface area contributed by atoms with Gasteiger partial charge in [-0.1, -0.05) is 65.7 Å². The van der Waals surface area contributed by atoms with Crippen LogP contribution in [-0.2, 0) is 13.7 Å². The predicted molar refractivity (Wildman–Crippen MR) is 116 cm³/mol. The highest BCUT2D eigenvalue weighted by Crippen LogP contribution is 2.59. The van der Waals surface area contributed by atoms with E-state index in [9.17, 15) is 47.9 Å². The van der Waals surface area contributed by atoms with Gasteiger partial charge in [0.15, 0.2) is 0 Å². The first-order valence-electron chi connectivity index (χ1n) is 11.3. The Morgan fingerprint density at radius 3 is 1.26 bits per heavy atom. The van der Waals surface area contributed by atoms with Gasteiger partial charge in [0.1, 0.15) is 0 Å². The number of alkyl halides is 9. The van der Waals surface area contributed by atoms with Crippen molar-refractivity contribution in [2.45, 2.75) is 108 Å². The van der Waals surface area contributed by atoms with Gasteiger partial charge >= 0.3 is 33.4 Å². The highest BCUT2D eigenvalue weighted by Gasteiger charge is 2.86. The standard InChI is InChI=1S/C20H35F9O3S2/c1-4-7-10-13-16-33(14-11-8-5-2,15-12-9-6-3)32-34(30,31)20(28,29)18(23,24)17(21,22)19(25,26)27/h4-16H2,1-3H3. The predicted octanol–water partition coefficient (Wildman–Crippen LogP) is 8.44. The first kappa shape index (κ1) is 33.6. The van der Waals surface area contributed by atoms with E-state index >= 15 is 0 Å². The fourth-order valence-corrected chi connectivity index (χ4v) is 9.10. The lowest BCUT2D eigenvalue weighted by molar-refractivity contribution is -0.382. The second kappa shape index (κ2) is 13.3. The van der Waals surface area contributed by atoms with Crippen LogP contribution in [0.3, 0.4) is 0 Å². The fraction of sp³-hybridized carbons (Fsp3) is 1.00. The van der Waals surface area contributed by atoms with Crippen molar-refractivity contribution in [1.82, 2.24) is 0 Å². The van der Waals surface area contributed by atoms with Gasteiger partial charge in [0.2, 0.25) is 0 Å². The molecule has 0 fully saturated rings. The third kappa shape index (κ3) is 8.07. The van der Waals surface area contributed by atoms with Crippen LogP contribution in [0.1, 0.15) is 85.0 Å². The maximum absolute atomic E-state index is 14.3. The molecule has 0 atom stereocenters. The highest BCUT2D eigenvalue weighted by atomic mass is 32.3. The van der Waals surface area contributed by atoms with E-state index in [0.29, 0.717) is 51.4 Å². The van der Waals surface area contributed by atoms with Crippen molar-refractivity contribution >= 4 is 20.4 Å². The van der Waals surface area contributed by atoms with Gasteiger partial charge in [-0.2, -0.15) is 47.9 Å².